The van der Waals surface area contributed by atoms with Crippen LogP contribution in [0.1, 0.15) is 49.8 Å². The van der Waals surface area contributed by atoms with Crippen LogP contribution in [-0.2, 0) is 12.8 Å². The van der Waals surface area contributed by atoms with Gasteiger partial charge in [0.05, 0.1) is 0 Å². The van der Waals surface area contributed by atoms with Crippen LogP contribution < -0.4 is 5.73 Å². The number of nitrogens with two attached hydrogens (primary N) is 1. The summed E-state index contributed by atoms with van der Waals surface area (Å²) < 4.78 is 0. The lowest BCUT2D eigenvalue weighted by molar-refractivity contribution is 0.675. The molecule has 1 unspecified atom stereocenters. The fourth-order valence-electron chi connectivity index (χ4n) is 2.31. The molecule has 0 spiro atoms. The summed E-state index contributed by atoms with van der Waals surface area (Å²) in [6.45, 7) is 7.53. The van der Waals surface area contributed by atoms with Gasteiger partial charge in [0.1, 0.15) is 0 Å². The van der Waals surface area contributed by atoms with Crippen LogP contribution in [0.15, 0.2) is 18.2 Å². The Hall–Kier alpha value is -0.820. The van der Waals surface area contributed by atoms with Crippen LogP contribution in [0.2, 0.25) is 0 Å². The predicted molar refractivity (Wildman–Crippen MR) is 67.3 cm³/mol. The fourth-order valence-corrected chi connectivity index (χ4v) is 2.31. The Labute approximate surface area is 93.7 Å². The first-order valence-corrected chi connectivity index (χ1v) is 6.05. The van der Waals surface area contributed by atoms with E-state index in [1.165, 1.54) is 11.1 Å². The minimum atomic E-state index is 0.598. The van der Waals surface area contributed by atoms with E-state index in [0.29, 0.717) is 5.92 Å². The monoisotopic (exact) mass is 205 g/mol. The quantitative estimate of drug-likeness (QED) is 0.784. The van der Waals surface area contributed by atoms with E-state index >= 15 is 0 Å². The summed E-state index contributed by atoms with van der Waals surface area (Å²) in [5.41, 5.74) is 10.2. The number of hydrogen-bond acceptors (Lipinski definition) is 1. The van der Waals surface area contributed by atoms with Gasteiger partial charge in [0.2, 0.25) is 0 Å². The lowest BCUT2D eigenvalue weighted by atomic mass is 9.87. The van der Waals surface area contributed by atoms with Gasteiger partial charge >= 0.3 is 0 Å². The Morgan fingerprint density at radius 1 is 1.13 bits per heavy atom. The second kappa shape index (κ2) is 5.92. The zero-order chi connectivity index (χ0) is 11.3. The molecule has 0 heterocycles. The molecular weight excluding hydrogens is 182 g/mol. The van der Waals surface area contributed by atoms with Crippen LogP contribution >= 0.6 is 0 Å². The number of hydrogen-bond donors (Lipinski definition) is 1. The van der Waals surface area contributed by atoms with Crippen LogP contribution in [0.5, 0.6) is 0 Å². The first kappa shape index (κ1) is 12.3. The molecule has 0 amide bonds. The largest absolute Gasteiger partial charge is 0.330 e. The molecule has 1 aromatic carbocycles. The SMILES string of the molecule is CCc1cccc(CC)c1C(C)CCN. The highest BCUT2D eigenvalue weighted by Gasteiger charge is 2.12. The van der Waals surface area contributed by atoms with Gasteiger partial charge in [-0.25, -0.2) is 0 Å². The maximum Gasteiger partial charge on any atom is -0.00715 e. The van der Waals surface area contributed by atoms with Crippen molar-refractivity contribution in [1.82, 2.24) is 0 Å². The molecule has 0 radical (unpaired) electrons. The van der Waals surface area contributed by atoms with Crippen molar-refractivity contribution < 1.29 is 0 Å². The minimum Gasteiger partial charge on any atom is -0.330 e. The molecule has 1 heteroatoms. The molecule has 0 aromatic heterocycles. The predicted octanol–water partition coefficient (Wildman–Crippen LogP) is 3.26. The normalized spacial score (nSPS) is 12.8. The Balaban J connectivity index is 3.09. The maximum atomic E-state index is 5.65. The maximum absolute atomic E-state index is 5.65. The first-order chi connectivity index (χ1) is 7.24. The van der Waals surface area contributed by atoms with E-state index in [0.717, 1.165) is 25.8 Å². The molecule has 0 aliphatic heterocycles. The smallest absolute Gasteiger partial charge is 0.00715 e. The van der Waals surface area contributed by atoms with Crippen LogP contribution in [0.4, 0.5) is 0 Å². The molecule has 2 N–H and O–H groups in total. The van der Waals surface area contributed by atoms with E-state index in [1.807, 2.05) is 0 Å². The second-order valence-electron chi connectivity index (χ2n) is 4.18. The Bertz CT molecular complexity index is 282. The Morgan fingerprint density at radius 3 is 2.07 bits per heavy atom. The van der Waals surface area contributed by atoms with E-state index in [-0.39, 0.29) is 0 Å². The molecular formula is C14H23N. The van der Waals surface area contributed by atoms with Crippen LogP contribution in [-0.4, -0.2) is 6.54 Å². The molecule has 0 saturated heterocycles. The average Bonchev–Trinajstić information content (AvgIpc) is 2.28. The summed E-state index contributed by atoms with van der Waals surface area (Å²) in [5.74, 6) is 0.598. The summed E-state index contributed by atoms with van der Waals surface area (Å²) in [6.07, 6.45) is 3.33. The average molecular weight is 205 g/mol. The lowest BCUT2D eigenvalue weighted by Gasteiger charge is -2.19. The molecule has 0 fully saturated rings. The lowest BCUT2D eigenvalue weighted by Crippen LogP contribution is -2.09. The highest BCUT2D eigenvalue weighted by molar-refractivity contribution is 5.38. The molecule has 15 heavy (non-hydrogen) atoms. The van der Waals surface area contributed by atoms with Gasteiger partial charge in [0.15, 0.2) is 0 Å². The van der Waals surface area contributed by atoms with E-state index in [1.54, 1.807) is 5.56 Å². The highest BCUT2D eigenvalue weighted by atomic mass is 14.5. The van der Waals surface area contributed by atoms with Crippen LogP contribution in [0.25, 0.3) is 0 Å². The van der Waals surface area contributed by atoms with Gasteiger partial charge in [-0.15, -0.1) is 0 Å². The van der Waals surface area contributed by atoms with Gasteiger partial charge in [-0.3, -0.25) is 0 Å². The molecule has 0 aliphatic rings. The standard InChI is InChI=1S/C14H23N/c1-4-12-7-6-8-13(5-2)14(12)11(3)9-10-15/h6-8,11H,4-5,9-10,15H2,1-3H3. The van der Waals surface area contributed by atoms with Crippen molar-refractivity contribution in [3.05, 3.63) is 34.9 Å². The third kappa shape index (κ3) is 2.82. The Kier molecular flexibility index (Phi) is 4.83. The summed E-state index contributed by atoms with van der Waals surface area (Å²) in [4.78, 5) is 0. The molecule has 1 nitrogen and oxygen atoms in total. The van der Waals surface area contributed by atoms with Gasteiger partial charge < -0.3 is 5.73 Å². The van der Waals surface area contributed by atoms with Crippen molar-refractivity contribution in [2.45, 2.75) is 46.0 Å². The summed E-state index contributed by atoms with van der Waals surface area (Å²) in [6, 6.07) is 6.68. The van der Waals surface area contributed by atoms with Crippen molar-refractivity contribution in [2.75, 3.05) is 6.54 Å². The topological polar surface area (TPSA) is 26.0 Å². The van der Waals surface area contributed by atoms with Gasteiger partial charge in [-0.05, 0) is 48.4 Å². The van der Waals surface area contributed by atoms with Crippen LogP contribution in [0, 0.1) is 0 Å². The summed E-state index contributed by atoms with van der Waals surface area (Å²) in [7, 11) is 0. The highest BCUT2D eigenvalue weighted by Crippen LogP contribution is 2.27. The zero-order valence-electron chi connectivity index (χ0n) is 10.2. The molecule has 0 saturated carbocycles. The van der Waals surface area contributed by atoms with Crippen molar-refractivity contribution in [3.63, 3.8) is 0 Å². The van der Waals surface area contributed by atoms with Gasteiger partial charge in [-0.2, -0.15) is 0 Å². The fraction of sp³-hybridized carbons (Fsp3) is 0.571. The molecule has 1 atom stereocenters. The summed E-state index contributed by atoms with van der Waals surface area (Å²) in [5, 5.41) is 0. The molecule has 0 bridgehead atoms. The van der Waals surface area contributed by atoms with Gasteiger partial charge in [0, 0.05) is 0 Å². The van der Waals surface area contributed by atoms with E-state index < -0.39 is 0 Å². The Morgan fingerprint density at radius 2 is 1.67 bits per heavy atom. The minimum absolute atomic E-state index is 0.598. The van der Waals surface area contributed by atoms with Gasteiger partial charge in [-0.1, -0.05) is 39.0 Å². The van der Waals surface area contributed by atoms with Crippen molar-refractivity contribution >= 4 is 0 Å². The zero-order valence-corrected chi connectivity index (χ0v) is 10.2. The van der Waals surface area contributed by atoms with Crippen molar-refractivity contribution in [3.8, 4) is 0 Å². The van der Waals surface area contributed by atoms with E-state index in [9.17, 15) is 0 Å². The number of aryl methyl sites for hydroxylation is 2. The third-order valence-electron chi connectivity index (χ3n) is 3.14. The molecule has 1 rings (SSSR count). The number of rotatable bonds is 5. The van der Waals surface area contributed by atoms with Gasteiger partial charge in [0.25, 0.3) is 0 Å². The van der Waals surface area contributed by atoms with E-state index in [2.05, 4.69) is 39.0 Å². The molecule has 0 aliphatic carbocycles. The first-order valence-electron chi connectivity index (χ1n) is 6.05. The number of benzene rings is 1. The van der Waals surface area contributed by atoms with E-state index in [4.69, 9.17) is 5.73 Å². The van der Waals surface area contributed by atoms with Crippen LogP contribution in [0.3, 0.4) is 0 Å². The summed E-state index contributed by atoms with van der Waals surface area (Å²) >= 11 is 0. The third-order valence-corrected chi connectivity index (χ3v) is 3.14. The molecule has 84 valence electrons. The van der Waals surface area contributed by atoms with Crippen molar-refractivity contribution in [1.29, 1.82) is 0 Å². The molecule has 1 aromatic rings. The second-order valence-corrected chi connectivity index (χ2v) is 4.18. The van der Waals surface area contributed by atoms with Crippen molar-refractivity contribution in [2.24, 2.45) is 5.73 Å².